The summed E-state index contributed by atoms with van der Waals surface area (Å²) in [7, 11) is -3.68. The van der Waals surface area contributed by atoms with Crippen LogP contribution in [0.25, 0.3) is 10.8 Å². The maximum Gasteiger partial charge on any atom is 0.244 e. The number of anilines is 1. The van der Waals surface area contributed by atoms with E-state index in [9.17, 15) is 13.2 Å². The molecule has 0 saturated heterocycles. The largest absolute Gasteiger partial charge is 0.350 e. The fourth-order valence-corrected chi connectivity index (χ4v) is 4.73. The molecule has 3 aromatic rings. The molecule has 0 aliphatic carbocycles. The van der Waals surface area contributed by atoms with Gasteiger partial charge in [0.05, 0.1) is 11.9 Å². The van der Waals surface area contributed by atoms with Crippen LogP contribution < -0.4 is 9.62 Å². The van der Waals surface area contributed by atoms with Gasteiger partial charge in [-0.2, -0.15) is 0 Å². The van der Waals surface area contributed by atoms with Gasteiger partial charge in [0.15, 0.2) is 0 Å². The molecule has 5 nitrogen and oxygen atoms in total. The third-order valence-corrected chi connectivity index (χ3v) is 6.18. The SMILES string of the molecule is CC[C@@H](C(=O)NCc1cccc2ccccc12)N(c1ccc(Cl)cc1)S(C)(=O)=O. The lowest BCUT2D eigenvalue weighted by atomic mass is 10.0. The van der Waals surface area contributed by atoms with Crippen LogP contribution in [-0.2, 0) is 21.4 Å². The quantitative estimate of drug-likeness (QED) is 0.605. The Kier molecular flexibility index (Phi) is 6.45. The summed E-state index contributed by atoms with van der Waals surface area (Å²) >= 11 is 5.92. The second kappa shape index (κ2) is 8.84. The lowest BCUT2D eigenvalue weighted by molar-refractivity contribution is -0.122. The summed E-state index contributed by atoms with van der Waals surface area (Å²) < 4.78 is 26.1. The van der Waals surface area contributed by atoms with Crippen LogP contribution in [0, 0.1) is 0 Å². The molecule has 1 N–H and O–H groups in total. The summed E-state index contributed by atoms with van der Waals surface area (Å²) in [5, 5.41) is 5.55. The Morgan fingerprint density at radius 3 is 2.34 bits per heavy atom. The van der Waals surface area contributed by atoms with Crippen molar-refractivity contribution >= 4 is 44.0 Å². The lowest BCUT2D eigenvalue weighted by Gasteiger charge is -2.30. The number of sulfonamides is 1. The van der Waals surface area contributed by atoms with Crippen molar-refractivity contribution in [2.75, 3.05) is 10.6 Å². The van der Waals surface area contributed by atoms with Gasteiger partial charge in [0.2, 0.25) is 15.9 Å². The highest BCUT2D eigenvalue weighted by atomic mass is 35.5. The van der Waals surface area contributed by atoms with E-state index in [1.54, 1.807) is 31.2 Å². The molecule has 1 amide bonds. The zero-order valence-electron chi connectivity index (χ0n) is 16.3. The third kappa shape index (κ3) is 4.89. The maximum absolute atomic E-state index is 13.0. The average Bonchev–Trinajstić information content (AvgIpc) is 2.70. The van der Waals surface area contributed by atoms with Crippen molar-refractivity contribution in [3.63, 3.8) is 0 Å². The molecular formula is C22H23ClN2O3S. The molecule has 3 rings (SSSR count). The molecule has 29 heavy (non-hydrogen) atoms. The molecule has 7 heteroatoms. The smallest absolute Gasteiger partial charge is 0.244 e. The van der Waals surface area contributed by atoms with E-state index in [0.717, 1.165) is 26.9 Å². The monoisotopic (exact) mass is 430 g/mol. The molecule has 152 valence electrons. The number of carbonyl (C=O) groups is 1. The van der Waals surface area contributed by atoms with Crippen LogP contribution in [0.15, 0.2) is 66.7 Å². The van der Waals surface area contributed by atoms with Gasteiger partial charge in [0.25, 0.3) is 0 Å². The first-order valence-corrected chi connectivity index (χ1v) is 11.5. The Bertz CT molecular complexity index is 1110. The molecule has 0 radical (unpaired) electrons. The van der Waals surface area contributed by atoms with Gasteiger partial charge in [-0.15, -0.1) is 0 Å². The predicted octanol–water partition coefficient (Wildman–Crippen LogP) is 4.35. The molecule has 0 fully saturated rings. The van der Waals surface area contributed by atoms with Crippen molar-refractivity contribution in [2.45, 2.75) is 25.9 Å². The number of halogens is 1. The van der Waals surface area contributed by atoms with Gasteiger partial charge in [0.1, 0.15) is 6.04 Å². The first-order chi connectivity index (χ1) is 13.8. The number of benzene rings is 3. The molecule has 0 unspecified atom stereocenters. The van der Waals surface area contributed by atoms with Crippen LogP contribution >= 0.6 is 11.6 Å². The highest BCUT2D eigenvalue weighted by molar-refractivity contribution is 7.92. The number of hydrogen-bond acceptors (Lipinski definition) is 3. The summed E-state index contributed by atoms with van der Waals surface area (Å²) in [4.78, 5) is 13.0. The number of nitrogens with zero attached hydrogens (tertiary/aromatic N) is 1. The summed E-state index contributed by atoms with van der Waals surface area (Å²) in [6.07, 6.45) is 1.43. The van der Waals surface area contributed by atoms with E-state index in [4.69, 9.17) is 11.6 Å². The van der Waals surface area contributed by atoms with Crippen LogP contribution in [0.3, 0.4) is 0 Å². The second-order valence-electron chi connectivity index (χ2n) is 6.82. The molecular weight excluding hydrogens is 408 g/mol. The summed E-state index contributed by atoms with van der Waals surface area (Å²) in [5.74, 6) is -0.346. The molecule has 3 aromatic carbocycles. The highest BCUT2D eigenvalue weighted by Gasteiger charge is 2.31. The number of nitrogens with one attached hydrogen (secondary N) is 1. The van der Waals surface area contributed by atoms with Gasteiger partial charge in [-0.3, -0.25) is 9.10 Å². The van der Waals surface area contributed by atoms with E-state index < -0.39 is 16.1 Å². The minimum absolute atomic E-state index is 0.314. The van der Waals surface area contributed by atoms with Crippen LogP contribution in [0.2, 0.25) is 5.02 Å². The van der Waals surface area contributed by atoms with E-state index >= 15 is 0 Å². The van der Waals surface area contributed by atoms with Gasteiger partial charge >= 0.3 is 0 Å². The van der Waals surface area contributed by atoms with Crippen molar-refractivity contribution in [3.05, 3.63) is 77.3 Å². The van der Waals surface area contributed by atoms with E-state index in [1.807, 2.05) is 42.5 Å². The van der Waals surface area contributed by atoms with Crippen LogP contribution in [0.1, 0.15) is 18.9 Å². The van der Waals surface area contributed by atoms with Gasteiger partial charge in [0, 0.05) is 11.6 Å². The fourth-order valence-electron chi connectivity index (χ4n) is 3.40. The van der Waals surface area contributed by atoms with E-state index in [0.29, 0.717) is 23.7 Å². The van der Waals surface area contributed by atoms with E-state index in [2.05, 4.69) is 5.32 Å². The number of fused-ring (bicyclic) bond motifs is 1. The van der Waals surface area contributed by atoms with Crippen molar-refractivity contribution in [2.24, 2.45) is 0 Å². The van der Waals surface area contributed by atoms with Crippen molar-refractivity contribution in [1.29, 1.82) is 0 Å². The summed E-state index contributed by atoms with van der Waals surface area (Å²) in [5.41, 5.74) is 1.38. The van der Waals surface area contributed by atoms with Gasteiger partial charge < -0.3 is 5.32 Å². The Morgan fingerprint density at radius 1 is 1.03 bits per heavy atom. The molecule has 0 bridgehead atoms. The second-order valence-corrected chi connectivity index (χ2v) is 9.11. The maximum atomic E-state index is 13.0. The van der Waals surface area contributed by atoms with Crippen molar-refractivity contribution in [3.8, 4) is 0 Å². The number of rotatable bonds is 7. The van der Waals surface area contributed by atoms with Crippen LogP contribution in [0.5, 0.6) is 0 Å². The zero-order chi connectivity index (χ0) is 21.0. The minimum Gasteiger partial charge on any atom is -0.350 e. The Morgan fingerprint density at radius 2 is 1.69 bits per heavy atom. The van der Waals surface area contributed by atoms with Crippen LogP contribution in [-0.4, -0.2) is 26.6 Å². The fraction of sp³-hybridized carbons (Fsp3) is 0.227. The molecule has 0 heterocycles. The summed E-state index contributed by atoms with van der Waals surface area (Å²) in [6, 6.07) is 19.4. The van der Waals surface area contributed by atoms with Crippen molar-refractivity contribution in [1.82, 2.24) is 5.32 Å². The molecule has 1 atom stereocenters. The van der Waals surface area contributed by atoms with Gasteiger partial charge in [-0.05, 0) is 47.0 Å². The summed E-state index contributed by atoms with van der Waals surface area (Å²) in [6.45, 7) is 2.10. The average molecular weight is 431 g/mol. The highest BCUT2D eigenvalue weighted by Crippen LogP contribution is 2.25. The Labute approximate surface area is 176 Å². The molecule has 0 aromatic heterocycles. The van der Waals surface area contributed by atoms with Gasteiger partial charge in [-0.25, -0.2) is 8.42 Å². The van der Waals surface area contributed by atoms with Crippen molar-refractivity contribution < 1.29 is 13.2 Å². The number of carbonyl (C=O) groups excluding carboxylic acids is 1. The first-order valence-electron chi connectivity index (χ1n) is 9.30. The van der Waals surface area contributed by atoms with Crippen LogP contribution in [0.4, 0.5) is 5.69 Å². The zero-order valence-corrected chi connectivity index (χ0v) is 17.9. The predicted molar refractivity (Wildman–Crippen MR) is 119 cm³/mol. The third-order valence-electron chi connectivity index (χ3n) is 4.74. The number of hydrogen-bond donors (Lipinski definition) is 1. The molecule has 0 aliphatic rings. The lowest BCUT2D eigenvalue weighted by Crippen LogP contribution is -2.49. The topological polar surface area (TPSA) is 66.5 Å². The standard InChI is InChI=1S/C22H23ClN2O3S/c1-3-21(25(29(2,27)28)19-13-11-18(23)12-14-19)22(26)24-15-17-9-6-8-16-7-4-5-10-20(16)17/h4-14,21H,3,15H2,1-2H3,(H,24,26)/t21-/m0/s1. The number of amides is 1. The minimum atomic E-state index is -3.68. The Balaban J connectivity index is 1.85. The Hall–Kier alpha value is -2.57. The molecule has 0 aliphatic heterocycles. The molecule has 0 saturated carbocycles. The van der Waals surface area contributed by atoms with E-state index in [-0.39, 0.29) is 5.91 Å². The van der Waals surface area contributed by atoms with Gasteiger partial charge in [-0.1, -0.05) is 61.0 Å². The normalized spacial score (nSPS) is 12.5. The first kappa shape index (κ1) is 21.1. The van der Waals surface area contributed by atoms with E-state index in [1.165, 1.54) is 0 Å². The molecule has 0 spiro atoms.